The lowest BCUT2D eigenvalue weighted by molar-refractivity contribution is -0.121. The number of thiazole rings is 1. The van der Waals surface area contributed by atoms with Crippen LogP contribution >= 0.6 is 11.3 Å². The van der Waals surface area contributed by atoms with Crippen LogP contribution in [0.2, 0.25) is 0 Å². The van der Waals surface area contributed by atoms with Crippen LogP contribution in [0.3, 0.4) is 0 Å². The molecule has 142 valence electrons. The third kappa shape index (κ3) is 3.66. The molecule has 0 saturated carbocycles. The summed E-state index contributed by atoms with van der Waals surface area (Å²) >= 11 is 1.46. The van der Waals surface area contributed by atoms with Crippen LogP contribution in [0.5, 0.6) is 0 Å². The molecule has 0 spiro atoms. The summed E-state index contributed by atoms with van der Waals surface area (Å²) in [6, 6.07) is 12.6. The van der Waals surface area contributed by atoms with Crippen molar-refractivity contribution in [1.82, 2.24) is 14.7 Å². The lowest BCUT2D eigenvalue weighted by Crippen LogP contribution is -2.29. The third-order valence-electron chi connectivity index (χ3n) is 4.50. The number of hydrogen-bond donors (Lipinski definition) is 1. The topological polar surface area (TPSA) is 46.4 Å². The van der Waals surface area contributed by atoms with Crippen LogP contribution in [0.1, 0.15) is 24.2 Å². The van der Waals surface area contributed by atoms with E-state index in [-0.39, 0.29) is 17.9 Å². The number of nitrogens with one attached hydrogen (secondary N) is 1. The molecule has 1 N–H and O–H groups in total. The zero-order valence-corrected chi connectivity index (χ0v) is 15.8. The number of aromatic nitrogens is 2. The summed E-state index contributed by atoms with van der Waals surface area (Å²) in [7, 11) is 0. The Morgan fingerprint density at radius 1 is 1.21 bits per heavy atom. The largest absolute Gasteiger partial charge is 0.349 e. The summed E-state index contributed by atoms with van der Waals surface area (Å²) in [5, 5.41) is 4.66. The second-order valence-corrected chi connectivity index (χ2v) is 7.34. The average Bonchev–Trinajstić information content (AvgIpc) is 3.24. The van der Waals surface area contributed by atoms with Crippen LogP contribution in [0, 0.1) is 11.6 Å². The number of amides is 1. The van der Waals surface area contributed by atoms with Gasteiger partial charge in [-0.25, -0.2) is 13.8 Å². The summed E-state index contributed by atoms with van der Waals surface area (Å²) in [5.74, 6) is -1.56. The number of carbonyl (C=O) groups excluding carboxylic acids is 1. The van der Waals surface area contributed by atoms with Crippen molar-refractivity contribution in [2.45, 2.75) is 19.4 Å². The molecule has 0 aliphatic carbocycles. The van der Waals surface area contributed by atoms with Crippen molar-refractivity contribution in [3.8, 4) is 11.3 Å². The fourth-order valence-electron chi connectivity index (χ4n) is 3.09. The Hall–Kier alpha value is -3.06. The van der Waals surface area contributed by atoms with Crippen molar-refractivity contribution in [1.29, 1.82) is 0 Å². The van der Waals surface area contributed by atoms with Crippen molar-refractivity contribution in [2.75, 3.05) is 0 Å². The van der Waals surface area contributed by atoms with Gasteiger partial charge in [0.15, 0.2) is 4.96 Å². The van der Waals surface area contributed by atoms with Crippen molar-refractivity contribution in [3.63, 3.8) is 0 Å². The van der Waals surface area contributed by atoms with Crippen molar-refractivity contribution >= 4 is 22.2 Å². The van der Waals surface area contributed by atoms with Crippen LogP contribution in [0.4, 0.5) is 8.78 Å². The summed E-state index contributed by atoms with van der Waals surface area (Å²) in [4.78, 5) is 17.9. The van der Waals surface area contributed by atoms with Gasteiger partial charge in [-0.05, 0) is 13.0 Å². The molecule has 1 amide bonds. The van der Waals surface area contributed by atoms with E-state index in [2.05, 4.69) is 10.3 Å². The van der Waals surface area contributed by atoms with Crippen LogP contribution in [0.15, 0.2) is 60.1 Å². The number of halogens is 2. The van der Waals surface area contributed by atoms with E-state index in [1.165, 1.54) is 23.5 Å². The first kappa shape index (κ1) is 18.3. The van der Waals surface area contributed by atoms with Gasteiger partial charge in [-0.2, -0.15) is 0 Å². The number of nitrogens with zero attached hydrogens (tertiary/aromatic N) is 2. The van der Waals surface area contributed by atoms with Gasteiger partial charge >= 0.3 is 0 Å². The second kappa shape index (κ2) is 7.52. The Kier molecular flexibility index (Phi) is 4.92. The fraction of sp³-hybridized carbons (Fsp3) is 0.143. The van der Waals surface area contributed by atoms with Gasteiger partial charge in [0.05, 0.1) is 18.2 Å². The first-order chi connectivity index (χ1) is 13.5. The lowest BCUT2D eigenvalue weighted by Gasteiger charge is -2.15. The summed E-state index contributed by atoms with van der Waals surface area (Å²) in [6.07, 6.45) is 2.05. The number of rotatable bonds is 5. The molecule has 2 heterocycles. The lowest BCUT2D eigenvalue weighted by atomic mass is 10.1. The van der Waals surface area contributed by atoms with E-state index >= 15 is 0 Å². The molecule has 0 unspecified atom stereocenters. The molecule has 4 rings (SSSR count). The Labute approximate surface area is 164 Å². The molecular formula is C21H17F2N3OS. The zero-order chi connectivity index (χ0) is 19.7. The Morgan fingerprint density at radius 3 is 2.75 bits per heavy atom. The van der Waals surface area contributed by atoms with E-state index in [1.807, 2.05) is 46.3 Å². The highest BCUT2D eigenvalue weighted by molar-refractivity contribution is 7.15. The first-order valence-corrected chi connectivity index (χ1v) is 9.64. The van der Waals surface area contributed by atoms with E-state index < -0.39 is 17.7 Å². The molecule has 0 aliphatic rings. The van der Waals surface area contributed by atoms with Crippen LogP contribution in [-0.4, -0.2) is 15.3 Å². The molecule has 4 nitrogen and oxygen atoms in total. The second-order valence-electron chi connectivity index (χ2n) is 6.50. The molecule has 0 fully saturated rings. The summed E-state index contributed by atoms with van der Waals surface area (Å²) in [6.45, 7) is 1.67. The van der Waals surface area contributed by atoms with Crippen LogP contribution < -0.4 is 5.32 Å². The normalized spacial score (nSPS) is 12.2. The monoisotopic (exact) mass is 397 g/mol. The van der Waals surface area contributed by atoms with E-state index in [1.54, 1.807) is 6.92 Å². The van der Waals surface area contributed by atoms with Gasteiger partial charge < -0.3 is 5.32 Å². The van der Waals surface area contributed by atoms with E-state index in [4.69, 9.17) is 0 Å². The fourth-order valence-corrected chi connectivity index (χ4v) is 3.96. The van der Waals surface area contributed by atoms with E-state index in [9.17, 15) is 13.6 Å². The highest BCUT2D eigenvalue weighted by Crippen LogP contribution is 2.24. The predicted octanol–water partition coefficient (Wildman–Crippen LogP) is 4.76. The number of fused-ring (bicyclic) bond motifs is 1. The molecule has 0 aliphatic heterocycles. The summed E-state index contributed by atoms with van der Waals surface area (Å²) in [5.41, 5.74) is 2.91. The van der Waals surface area contributed by atoms with E-state index in [0.717, 1.165) is 28.0 Å². The molecule has 1 atom stereocenters. The number of hydrogen-bond acceptors (Lipinski definition) is 3. The minimum atomic E-state index is -0.673. The quantitative estimate of drug-likeness (QED) is 0.528. The molecular weight excluding hydrogens is 380 g/mol. The molecule has 7 heteroatoms. The predicted molar refractivity (Wildman–Crippen MR) is 105 cm³/mol. The first-order valence-electron chi connectivity index (χ1n) is 8.76. The highest BCUT2D eigenvalue weighted by Gasteiger charge is 2.17. The zero-order valence-electron chi connectivity index (χ0n) is 15.0. The smallest absolute Gasteiger partial charge is 0.226 e. The SMILES string of the molecule is C[C@H](NC(=O)Cc1csc2nc(-c3ccccc3)cn12)c1ccc(F)cc1F. The van der Waals surface area contributed by atoms with Crippen molar-refractivity contribution in [2.24, 2.45) is 0 Å². The summed E-state index contributed by atoms with van der Waals surface area (Å²) < 4.78 is 28.9. The highest BCUT2D eigenvalue weighted by atomic mass is 32.1. The minimum absolute atomic E-state index is 0.137. The number of carbonyl (C=O) groups is 1. The molecule has 28 heavy (non-hydrogen) atoms. The van der Waals surface area contributed by atoms with Crippen LogP contribution in [0.25, 0.3) is 16.2 Å². The third-order valence-corrected chi connectivity index (χ3v) is 5.39. The van der Waals surface area contributed by atoms with Crippen molar-refractivity contribution < 1.29 is 13.6 Å². The van der Waals surface area contributed by atoms with Gasteiger partial charge in [0, 0.05) is 34.5 Å². The van der Waals surface area contributed by atoms with E-state index in [0.29, 0.717) is 0 Å². The number of benzene rings is 2. The van der Waals surface area contributed by atoms with Gasteiger partial charge in [-0.3, -0.25) is 9.20 Å². The molecule has 0 bridgehead atoms. The van der Waals surface area contributed by atoms with Gasteiger partial charge in [0.25, 0.3) is 0 Å². The van der Waals surface area contributed by atoms with Gasteiger partial charge in [0.2, 0.25) is 5.91 Å². The minimum Gasteiger partial charge on any atom is -0.349 e. The Bertz CT molecular complexity index is 1140. The molecule has 2 aromatic heterocycles. The van der Waals surface area contributed by atoms with Crippen molar-refractivity contribution in [3.05, 3.63) is 83.0 Å². The van der Waals surface area contributed by atoms with Crippen LogP contribution in [-0.2, 0) is 11.2 Å². The standard InChI is InChI=1S/C21H17F2N3OS/c1-13(17-8-7-15(22)9-18(17)23)24-20(27)10-16-12-28-21-25-19(11-26(16)21)14-5-3-2-4-6-14/h2-9,11-13H,10H2,1H3,(H,24,27)/t13-/m0/s1. The molecule has 0 saturated heterocycles. The number of imidazole rings is 1. The maximum atomic E-state index is 13.9. The molecule has 4 aromatic rings. The van der Waals surface area contributed by atoms with Gasteiger partial charge in [-0.15, -0.1) is 11.3 Å². The van der Waals surface area contributed by atoms with Gasteiger partial charge in [0.1, 0.15) is 11.6 Å². The average molecular weight is 397 g/mol. The maximum Gasteiger partial charge on any atom is 0.226 e. The Morgan fingerprint density at radius 2 is 2.00 bits per heavy atom. The molecule has 0 radical (unpaired) electrons. The Balaban J connectivity index is 1.50. The van der Waals surface area contributed by atoms with Gasteiger partial charge in [-0.1, -0.05) is 36.4 Å². The molecule has 2 aromatic carbocycles. The maximum absolute atomic E-state index is 13.9.